The lowest BCUT2D eigenvalue weighted by Crippen LogP contribution is -2.09. The molecule has 3 aromatic heterocycles. The normalized spacial score (nSPS) is 11.1. The van der Waals surface area contributed by atoms with E-state index in [4.69, 9.17) is 4.98 Å². The number of hydrogen-bond acceptors (Lipinski definition) is 3. The molecule has 4 rings (SSSR count). The molecule has 0 fully saturated rings. The maximum absolute atomic E-state index is 12.3. The number of anilines is 1. The van der Waals surface area contributed by atoms with Gasteiger partial charge in [-0.05, 0) is 62.6 Å². The molecule has 28 heavy (non-hydrogen) atoms. The molecule has 142 valence electrons. The van der Waals surface area contributed by atoms with Crippen LogP contribution in [0.4, 0.5) is 5.69 Å². The maximum Gasteiger partial charge on any atom is 0.255 e. The minimum Gasteiger partial charge on any atom is -0.378 e. The van der Waals surface area contributed by atoms with Crippen LogP contribution in [0.1, 0.15) is 28.1 Å². The van der Waals surface area contributed by atoms with E-state index in [9.17, 15) is 4.79 Å². The first kappa shape index (κ1) is 18.0. The number of benzene rings is 1. The number of aromatic nitrogens is 3. The van der Waals surface area contributed by atoms with E-state index in [0.29, 0.717) is 12.1 Å². The van der Waals surface area contributed by atoms with Crippen LogP contribution in [0.15, 0.2) is 53.6 Å². The molecular formula is C23H24N4O. The number of rotatable bonds is 4. The van der Waals surface area contributed by atoms with Gasteiger partial charge in [-0.15, -0.1) is 0 Å². The van der Waals surface area contributed by atoms with Gasteiger partial charge < -0.3 is 14.7 Å². The van der Waals surface area contributed by atoms with Gasteiger partial charge in [-0.25, -0.2) is 4.98 Å². The van der Waals surface area contributed by atoms with Crippen molar-refractivity contribution < 1.29 is 0 Å². The lowest BCUT2D eigenvalue weighted by Gasteiger charge is -2.14. The molecule has 3 heterocycles. The van der Waals surface area contributed by atoms with Crippen molar-refractivity contribution in [1.82, 2.24) is 14.4 Å². The summed E-state index contributed by atoms with van der Waals surface area (Å²) in [5.74, 6) is 0. The van der Waals surface area contributed by atoms with Crippen molar-refractivity contribution in [3.63, 3.8) is 0 Å². The topological polar surface area (TPSA) is 62.2 Å². The zero-order valence-corrected chi connectivity index (χ0v) is 16.6. The highest BCUT2D eigenvalue weighted by atomic mass is 16.1. The molecule has 0 radical (unpaired) electrons. The van der Waals surface area contributed by atoms with Crippen LogP contribution in [0.2, 0.25) is 0 Å². The quantitative estimate of drug-likeness (QED) is 0.553. The first-order valence-electron chi connectivity index (χ1n) is 9.42. The lowest BCUT2D eigenvalue weighted by molar-refractivity contribution is 1.07. The Labute approximate surface area is 164 Å². The van der Waals surface area contributed by atoms with Gasteiger partial charge in [-0.2, -0.15) is 0 Å². The average Bonchev–Trinajstić information content (AvgIpc) is 2.96. The Bertz CT molecular complexity index is 1210. The van der Waals surface area contributed by atoms with Gasteiger partial charge in [0.2, 0.25) is 0 Å². The molecule has 2 N–H and O–H groups in total. The van der Waals surface area contributed by atoms with E-state index in [1.807, 2.05) is 38.2 Å². The molecule has 0 aliphatic rings. The van der Waals surface area contributed by atoms with E-state index in [1.54, 1.807) is 6.20 Å². The summed E-state index contributed by atoms with van der Waals surface area (Å²) in [4.78, 5) is 19.8. The molecule has 0 spiro atoms. The monoisotopic (exact) mass is 372 g/mol. The van der Waals surface area contributed by atoms with Crippen molar-refractivity contribution in [2.45, 2.75) is 34.2 Å². The Morgan fingerprint density at radius 2 is 1.82 bits per heavy atom. The summed E-state index contributed by atoms with van der Waals surface area (Å²) in [5, 5.41) is 3.56. The lowest BCUT2D eigenvalue weighted by atomic mass is 10.0. The summed E-state index contributed by atoms with van der Waals surface area (Å²) in [6, 6.07) is 12.0. The Morgan fingerprint density at radius 1 is 1.07 bits per heavy atom. The summed E-state index contributed by atoms with van der Waals surface area (Å²) in [6.07, 6.45) is 3.64. The van der Waals surface area contributed by atoms with E-state index in [2.05, 4.69) is 46.7 Å². The molecule has 0 unspecified atom stereocenters. The molecular weight excluding hydrogens is 348 g/mol. The standard InChI is InChI=1S/C23H24N4O/c1-14-7-5-8-15(2)20(14)12-25-21-11-18(19-9-6-10-24-23(19)28)13-27-17(4)16(3)26-22(21)27/h5-11,13,25H,12H2,1-4H3,(H,24,28). The van der Waals surface area contributed by atoms with E-state index in [1.165, 1.54) is 16.7 Å². The van der Waals surface area contributed by atoms with E-state index < -0.39 is 0 Å². The second-order valence-electron chi connectivity index (χ2n) is 7.26. The van der Waals surface area contributed by atoms with Crippen molar-refractivity contribution >= 4 is 11.3 Å². The van der Waals surface area contributed by atoms with Gasteiger partial charge in [-0.3, -0.25) is 4.79 Å². The van der Waals surface area contributed by atoms with Crippen LogP contribution in [0, 0.1) is 27.7 Å². The Kier molecular flexibility index (Phi) is 4.51. The summed E-state index contributed by atoms with van der Waals surface area (Å²) in [7, 11) is 0. The zero-order chi connectivity index (χ0) is 19.8. The van der Waals surface area contributed by atoms with Gasteiger partial charge >= 0.3 is 0 Å². The second kappa shape index (κ2) is 7.00. The van der Waals surface area contributed by atoms with Crippen LogP contribution < -0.4 is 10.9 Å². The minimum atomic E-state index is -0.1000. The third kappa shape index (κ3) is 3.09. The van der Waals surface area contributed by atoms with Crippen LogP contribution >= 0.6 is 0 Å². The molecule has 0 saturated carbocycles. The number of imidazole rings is 1. The van der Waals surface area contributed by atoms with Crippen LogP contribution in [0.25, 0.3) is 16.8 Å². The molecule has 4 aromatic rings. The van der Waals surface area contributed by atoms with Gasteiger partial charge in [0, 0.05) is 35.8 Å². The van der Waals surface area contributed by atoms with Crippen molar-refractivity contribution in [2.75, 3.05) is 5.32 Å². The van der Waals surface area contributed by atoms with E-state index >= 15 is 0 Å². The number of pyridine rings is 2. The summed E-state index contributed by atoms with van der Waals surface area (Å²) in [6.45, 7) is 9.01. The number of H-pyrrole nitrogens is 1. The van der Waals surface area contributed by atoms with Crippen molar-refractivity contribution in [2.24, 2.45) is 0 Å². The summed E-state index contributed by atoms with van der Waals surface area (Å²) in [5.41, 5.74) is 9.04. The number of nitrogens with one attached hydrogen (secondary N) is 2. The van der Waals surface area contributed by atoms with Gasteiger partial charge in [0.15, 0.2) is 5.65 Å². The fourth-order valence-electron chi connectivity index (χ4n) is 3.61. The Morgan fingerprint density at radius 3 is 2.54 bits per heavy atom. The third-order valence-electron chi connectivity index (χ3n) is 5.42. The van der Waals surface area contributed by atoms with Gasteiger partial charge in [0.1, 0.15) is 0 Å². The molecule has 0 aliphatic carbocycles. The van der Waals surface area contributed by atoms with Crippen molar-refractivity contribution in [3.05, 3.63) is 87.2 Å². The average molecular weight is 372 g/mol. The van der Waals surface area contributed by atoms with Crippen molar-refractivity contribution in [1.29, 1.82) is 0 Å². The minimum absolute atomic E-state index is 0.1000. The zero-order valence-electron chi connectivity index (χ0n) is 16.6. The molecule has 0 atom stereocenters. The predicted octanol–water partition coefficient (Wildman–Crippen LogP) is 4.54. The summed E-state index contributed by atoms with van der Waals surface area (Å²) >= 11 is 0. The van der Waals surface area contributed by atoms with Gasteiger partial charge in [-0.1, -0.05) is 18.2 Å². The number of nitrogens with zero attached hydrogens (tertiary/aromatic N) is 2. The van der Waals surface area contributed by atoms with E-state index in [-0.39, 0.29) is 5.56 Å². The number of fused-ring (bicyclic) bond motifs is 1. The highest BCUT2D eigenvalue weighted by Gasteiger charge is 2.14. The fraction of sp³-hybridized carbons (Fsp3) is 0.217. The molecule has 0 saturated heterocycles. The molecule has 0 amide bonds. The SMILES string of the molecule is Cc1cccc(C)c1CNc1cc(-c2ccc[nH]c2=O)cn2c(C)c(C)nc12. The molecule has 1 aromatic carbocycles. The predicted molar refractivity (Wildman–Crippen MR) is 114 cm³/mol. The fourth-order valence-corrected chi connectivity index (χ4v) is 3.61. The number of hydrogen-bond donors (Lipinski definition) is 2. The Hall–Kier alpha value is -3.34. The second-order valence-corrected chi connectivity index (χ2v) is 7.26. The number of aryl methyl sites for hydroxylation is 4. The van der Waals surface area contributed by atoms with Crippen LogP contribution in [0.3, 0.4) is 0 Å². The highest BCUT2D eigenvalue weighted by molar-refractivity contribution is 5.77. The number of aromatic amines is 1. The largest absolute Gasteiger partial charge is 0.378 e. The molecule has 0 aliphatic heterocycles. The van der Waals surface area contributed by atoms with Crippen LogP contribution in [-0.4, -0.2) is 14.4 Å². The van der Waals surface area contributed by atoms with E-state index in [0.717, 1.165) is 28.3 Å². The van der Waals surface area contributed by atoms with Gasteiger partial charge in [0.25, 0.3) is 5.56 Å². The maximum atomic E-state index is 12.3. The summed E-state index contributed by atoms with van der Waals surface area (Å²) < 4.78 is 2.06. The highest BCUT2D eigenvalue weighted by Crippen LogP contribution is 2.27. The Balaban J connectivity index is 1.84. The molecule has 5 nitrogen and oxygen atoms in total. The first-order chi connectivity index (χ1) is 13.5. The smallest absolute Gasteiger partial charge is 0.255 e. The van der Waals surface area contributed by atoms with Crippen LogP contribution in [-0.2, 0) is 6.54 Å². The van der Waals surface area contributed by atoms with Crippen molar-refractivity contribution in [3.8, 4) is 11.1 Å². The first-order valence-corrected chi connectivity index (χ1v) is 9.42. The molecule has 0 bridgehead atoms. The van der Waals surface area contributed by atoms with Crippen LogP contribution in [0.5, 0.6) is 0 Å². The third-order valence-corrected chi connectivity index (χ3v) is 5.42. The molecule has 5 heteroatoms. The van der Waals surface area contributed by atoms with Gasteiger partial charge in [0.05, 0.1) is 11.4 Å².